The van der Waals surface area contributed by atoms with Gasteiger partial charge in [-0.2, -0.15) is 5.26 Å². The molecule has 1 heterocycles. The van der Waals surface area contributed by atoms with Crippen LogP contribution in [0.3, 0.4) is 0 Å². The van der Waals surface area contributed by atoms with E-state index < -0.39 is 0 Å². The van der Waals surface area contributed by atoms with Crippen LogP contribution in [0, 0.1) is 29.6 Å². The van der Waals surface area contributed by atoms with Gasteiger partial charge in [-0.15, -0.1) is 0 Å². The largest absolute Gasteiger partial charge is 0.494 e. The number of rotatable bonds is 18. The first-order valence-electron chi connectivity index (χ1n) is 19.1. The van der Waals surface area contributed by atoms with Gasteiger partial charge in [0.15, 0.2) is 0 Å². The summed E-state index contributed by atoms with van der Waals surface area (Å²) >= 11 is 0. The number of anilines is 1. The Hall–Kier alpha value is -5.95. The van der Waals surface area contributed by atoms with Gasteiger partial charge in [0.2, 0.25) is 5.91 Å². The average molecular weight is 741 g/mol. The molecule has 55 heavy (non-hydrogen) atoms. The van der Waals surface area contributed by atoms with Crippen LogP contribution in [0.4, 0.5) is 5.69 Å². The van der Waals surface area contributed by atoms with E-state index in [1.165, 1.54) is 12.0 Å². The van der Waals surface area contributed by atoms with Gasteiger partial charge in [0, 0.05) is 42.1 Å². The highest BCUT2D eigenvalue weighted by Gasteiger charge is 2.30. The number of carbonyl (C=O) groups excluding carboxylic acids is 1. The Balaban J connectivity index is 1.76. The normalized spacial score (nSPS) is 15.5. The van der Waals surface area contributed by atoms with Crippen LogP contribution in [-0.4, -0.2) is 41.5 Å². The van der Waals surface area contributed by atoms with Crippen molar-refractivity contribution in [2.75, 3.05) is 19.5 Å². The Kier molecular flexibility index (Phi) is 15.6. The van der Waals surface area contributed by atoms with Crippen LogP contribution in [0.25, 0.3) is 5.57 Å². The van der Waals surface area contributed by atoms with E-state index in [4.69, 9.17) is 15.5 Å². The van der Waals surface area contributed by atoms with Crippen LogP contribution in [0.15, 0.2) is 112 Å². The number of amidine groups is 1. The van der Waals surface area contributed by atoms with Crippen molar-refractivity contribution in [2.45, 2.75) is 86.1 Å². The molecule has 0 spiro atoms. The summed E-state index contributed by atoms with van der Waals surface area (Å²) in [6, 6.07) is 9.40. The first kappa shape index (κ1) is 41.8. The van der Waals surface area contributed by atoms with Crippen LogP contribution in [0.5, 0.6) is 5.75 Å². The van der Waals surface area contributed by atoms with E-state index in [0.29, 0.717) is 51.4 Å². The van der Waals surface area contributed by atoms with E-state index in [-0.39, 0.29) is 18.2 Å². The van der Waals surface area contributed by atoms with Gasteiger partial charge < -0.3 is 26.0 Å². The smallest absolute Gasteiger partial charge is 0.249 e. The predicted octanol–water partition coefficient (Wildman–Crippen LogP) is 9.16. The van der Waals surface area contributed by atoms with Crippen LogP contribution >= 0.6 is 0 Å². The molecular weight excluding hydrogens is 685 g/mol. The molecule has 2 fully saturated rings. The zero-order chi connectivity index (χ0) is 39.9. The quantitative estimate of drug-likeness (QED) is 0.0515. The minimum atomic E-state index is -0.161. The lowest BCUT2D eigenvalue weighted by molar-refractivity contribution is -0.126. The van der Waals surface area contributed by atoms with E-state index in [0.717, 1.165) is 60.9 Å². The predicted molar refractivity (Wildman–Crippen MR) is 225 cm³/mol. The Bertz CT molecular complexity index is 2030. The van der Waals surface area contributed by atoms with Gasteiger partial charge >= 0.3 is 0 Å². The number of ether oxygens (including phenoxy) is 1. The summed E-state index contributed by atoms with van der Waals surface area (Å²) in [6.45, 7) is 10.1. The van der Waals surface area contributed by atoms with E-state index in [1.54, 1.807) is 56.6 Å². The summed E-state index contributed by atoms with van der Waals surface area (Å²) in [4.78, 5) is 24.3. The van der Waals surface area contributed by atoms with Crippen molar-refractivity contribution in [3.05, 3.63) is 130 Å². The number of methoxy groups -OCH3 is 1. The summed E-state index contributed by atoms with van der Waals surface area (Å²) in [5.41, 5.74) is 15.5. The lowest BCUT2D eigenvalue weighted by Gasteiger charge is -2.21. The zero-order valence-electron chi connectivity index (χ0n) is 33.4. The number of allylic oxidation sites excluding steroid dienone is 9. The molecule has 2 saturated carbocycles. The number of pyridine rings is 1. The van der Waals surface area contributed by atoms with E-state index >= 15 is 0 Å². The van der Waals surface area contributed by atoms with Crippen molar-refractivity contribution < 1.29 is 9.53 Å². The van der Waals surface area contributed by atoms with Gasteiger partial charge in [0.1, 0.15) is 17.3 Å². The monoisotopic (exact) mass is 740 g/mol. The topological polar surface area (TPSA) is 153 Å². The average Bonchev–Trinajstić information content (AvgIpc) is 4.01. The molecule has 5 N–H and O–H groups in total. The van der Waals surface area contributed by atoms with Gasteiger partial charge in [-0.3, -0.25) is 15.2 Å². The van der Waals surface area contributed by atoms with Crippen molar-refractivity contribution >= 4 is 28.7 Å². The number of likely N-dealkylation sites (N-methyl/N-ethyl adjacent to an activating group) is 1. The van der Waals surface area contributed by atoms with Crippen LogP contribution in [0.1, 0.15) is 95.0 Å². The maximum absolute atomic E-state index is 13.4. The second kappa shape index (κ2) is 20.5. The lowest BCUT2D eigenvalue weighted by atomic mass is 9.89. The molecule has 2 aliphatic carbocycles. The molecular formula is C45H56N8O2. The lowest BCUT2D eigenvalue weighted by Crippen LogP contribution is -2.27. The van der Waals surface area contributed by atoms with Crippen LogP contribution in [-0.2, 0) is 11.3 Å². The molecule has 0 radical (unpaired) electrons. The fourth-order valence-electron chi connectivity index (χ4n) is 6.17. The zero-order valence-corrected chi connectivity index (χ0v) is 33.4. The van der Waals surface area contributed by atoms with Crippen LogP contribution < -0.4 is 21.1 Å². The molecule has 0 atom stereocenters. The summed E-state index contributed by atoms with van der Waals surface area (Å²) in [7, 11) is 3.35. The first-order chi connectivity index (χ1) is 26.5. The summed E-state index contributed by atoms with van der Waals surface area (Å²) in [5.74, 6) is 1.23. The molecule has 4 rings (SSSR count). The number of benzene rings is 1. The van der Waals surface area contributed by atoms with Gasteiger partial charge in [-0.1, -0.05) is 56.4 Å². The number of carbonyl (C=O) groups is 1. The van der Waals surface area contributed by atoms with Crippen molar-refractivity contribution in [1.29, 1.82) is 10.7 Å². The molecule has 0 unspecified atom stereocenters. The third-order valence-electron chi connectivity index (χ3n) is 9.38. The number of aryl methyl sites for hydroxylation is 1. The Labute approximate surface area is 327 Å². The second-order valence-corrected chi connectivity index (χ2v) is 13.8. The molecule has 1 aromatic carbocycles. The van der Waals surface area contributed by atoms with Crippen LogP contribution in [0.2, 0.25) is 0 Å². The SMILES string of the molecule is C/C=C\N/C(=C/CC)C(=N)/C(=C\C(N)=NC(=C1CCC1)C1CC1)Nc1ccc(C)c(C(/C=C/CC)=C/C=C(\C)C(=O)N(C)Cc2cc(C#N)ccn2)c1OC. The van der Waals surface area contributed by atoms with E-state index in [2.05, 4.69) is 34.7 Å². The molecule has 1 amide bonds. The fourth-order valence-corrected chi connectivity index (χ4v) is 6.17. The number of nitrogens with two attached hydrogens (primary N) is 1. The second-order valence-electron chi connectivity index (χ2n) is 13.8. The number of aromatic nitrogens is 1. The minimum absolute atomic E-state index is 0.161. The highest BCUT2D eigenvalue weighted by Crippen LogP contribution is 2.43. The van der Waals surface area contributed by atoms with Gasteiger partial charge in [0.25, 0.3) is 0 Å². The number of hydrogen-bond acceptors (Lipinski definition) is 8. The molecule has 10 nitrogen and oxygen atoms in total. The van der Waals surface area contributed by atoms with Crippen molar-refractivity contribution in [3.8, 4) is 11.8 Å². The van der Waals surface area contributed by atoms with Crippen molar-refractivity contribution in [2.24, 2.45) is 16.6 Å². The highest BCUT2D eigenvalue weighted by molar-refractivity contribution is 6.15. The van der Waals surface area contributed by atoms with Gasteiger partial charge in [-0.05, 0) is 107 Å². The maximum Gasteiger partial charge on any atom is 0.249 e. The minimum Gasteiger partial charge on any atom is -0.494 e. The number of aliphatic imine (C=N–C) groups is 1. The maximum atomic E-state index is 13.4. The van der Waals surface area contributed by atoms with Gasteiger partial charge in [-0.25, -0.2) is 4.99 Å². The Morgan fingerprint density at radius 2 is 1.95 bits per heavy atom. The molecule has 0 saturated heterocycles. The summed E-state index contributed by atoms with van der Waals surface area (Å²) < 4.78 is 6.14. The molecule has 0 aliphatic heterocycles. The number of nitrogens with one attached hydrogen (secondary N) is 3. The number of hydrogen-bond donors (Lipinski definition) is 4. The molecule has 2 aromatic rings. The van der Waals surface area contributed by atoms with E-state index in [9.17, 15) is 15.5 Å². The molecule has 2 aliphatic rings. The third kappa shape index (κ3) is 11.5. The highest BCUT2D eigenvalue weighted by atomic mass is 16.5. The summed E-state index contributed by atoms with van der Waals surface area (Å²) in [5, 5.41) is 25.4. The molecule has 288 valence electrons. The third-order valence-corrected chi connectivity index (χ3v) is 9.38. The number of amides is 1. The van der Waals surface area contributed by atoms with Gasteiger partial charge in [0.05, 0.1) is 48.1 Å². The molecule has 1 aromatic heterocycles. The molecule has 10 heteroatoms. The number of nitriles is 1. The first-order valence-corrected chi connectivity index (χ1v) is 19.1. The number of nitrogens with zero attached hydrogens (tertiary/aromatic N) is 4. The van der Waals surface area contributed by atoms with Crippen molar-refractivity contribution in [1.82, 2.24) is 15.2 Å². The Morgan fingerprint density at radius 1 is 1.18 bits per heavy atom. The Morgan fingerprint density at radius 3 is 2.56 bits per heavy atom. The standard InChI is InChI=1S/C45H56N8O2/c1-8-11-14-33(19-17-31(5)45(54)53(6)29-36-26-32(28-46)23-25-49-36)41-30(4)18-22-38(44(41)55-7)51-39(42(48)37(13-9-2)50-24-10-3)27-40(47)52-43(35-20-21-35)34-15-12-16-34/h10-11,13-14,17-19,22-27,35,48,50-51H,8-9,12,15-16,20-21,29H2,1-7H3,(H2,47,52)/b14-11+,24-10-,31-17+,33-19+,37-13+,39-27+,48-42?. The summed E-state index contributed by atoms with van der Waals surface area (Å²) in [6.07, 6.45) is 24.0. The van der Waals surface area contributed by atoms with Crippen molar-refractivity contribution in [3.63, 3.8) is 0 Å². The van der Waals surface area contributed by atoms with E-state index in [1.807, 2.05) is 63.3 Å². The fraction of sp³-hybridized carbons (Fsp3) is 0.356. The molecule has 0 bridgehead atoms.